The van der Waals surface area contributed by atoms with E-state index in [1.54, 1.807) is 0 Å². The van der Waals surface area contributed by atoms with E-state index in [0.29, 0.717) is 25.9 Å². The van der Waals surface area contributed by atoms with E-state index in [1.807, 2.05) is 0 Å². The van der Waals surface area contributed by atoms with Crippen molar-refractivity contribution >= 4 is 17.8 Å². The highest BCUT2D eigenvalue weighted by atomic mass is 16.4. The summed E-state index contributed by atoms with van der Waals surface area (Å²) in [5, 5.41) is 14.7. The monoisotopic (exact) mass is 284 g/mol. The molecule has 0 saturated heterocycles. The third-order valence-electron chi connectivity index (χ3n) is 3.83. The molecule has 0 aliphatic heterocycles. The first kappa shape index (κ1) is 16.5. The number of nitrogens with one attached hydrogen (secondary N) is 2. The van der Waals surface area contributed by atoms with Crippen molar-refractivity contribution in [3.8, 4) is 0 Å². The lowest BCUT2D eigenvalue weighted by Crippen LogP contribution is -2.39. The summed E-state index contributed by atoms with van der Waals surface area (Å²) in [6.45, 7) is 2.10. The van der Waals surface area contributed by atoms with Crippen LogP contribution in [-0.4, -0.2) is 36.0 Å². The lowest BCUT2D eigenvalue weighted by atomic mass is 9.77. The maximum atomic E-state index is 11.9. The summed E-state index contributed by atoms with van der Waals surface area (Å²) in [7, 11) is 0. The van der Waals surface area contributed by atoms with E-state index in [-0.39, 0.29) is 18.2 Å². The molecule has 0 aromatic carbocycles. The molecule has 0 bridgehead atoms. The van der Waals surface area contributed by atoms with Crippen molar-refractivity contribution in [1.29, 1.82) is 0 Å². The van der Waals surface area contributed by atoms with Crippen molar-refractivity contribution in [2.24, 2.45) is 5.41 Å². The van der Waals surface area contributed by atoms with Gasteiger partial charge in [0, 0.05) is 26.4 Å². The molecule has 3 N–H and O–H groups in total. The molecule has 0 radical (unpaired) electrons. The van der Waals surface area contributed by atoms with Gasteiger partial charge < -0.3 is 15.7 Å². The van der Waals surface area contributed by atoms with Gasteiger partial charge in [-0.05, 0) is 12.8 Å². The molecular formula is C14H24N2O4. The van der Waals surface area contributed by atoms with Crippen LogP contribution in [0.25, 0.3) is 0 Å². The maximum Gasteiger partial charge on any atom is 0.310 e. The molecule has 6 nitrogen and oxygen atoms in total. The molecule has 1 aliphatic rings. The number of carbonyl (C=O) groups is 3. The van der Waals surface area contributed by atoms with Crippen LogP contribution in [0.5, 0.6) is 0 Å². The van der Waals surface area contributed by atoms with Crippen molar-refractivity contribution in [3.05, 3.63) is 0 Å². The minimum absolute atomic E-state index is 0.0302. The third-order valence-corrected chi connectivity index (χ3v) is 3.83. The number of carbonyl (C=O) groups excluding carboxylic acids is 2. The Labute approximate surface area is 119 Å². The second kappa shape index (κ2) is 7.87. The molecule has 0 aromatic rings. The SMILES string of the molecule is CC(=O)NCCNC(=O)CC1(C(=O)O)CCCCCC1. The van der Waals surface area contributed by atoms with Crippen LogP contribution in [0.3, 0.4) is 0 Å². The zero-order chi connectivity index (χ0) is 15.0. The van der Waals surface area contributed by atoms with Gasteiger partial charge in [0.1, 0.15) is 0 Å². The third kappa shape index (κ3) is 5.19. The molecule has 2 amide bonds. The molecule has 20 heavy (non-hydrogen) atoms. The van der Waals surface area contributed by atoms with E-state index in [0.717, 1.165) is 25.7 Å². The average Bonchev–Trinajstić information content (AvgIpc) is 2.61. The highest BCUT2D eigenvalue weighted by Crippen LogP contribution is 2.38. The summed E-state index contributed by atoms with van der Waals surface area (Å²) in [6, 6.07) is 0. The van der Waals surface area contributed by atoms with E-state index < -0.39 is 11.4 Å². The first-order valence-electron chi connectivity index (χ1n) is 7.21. The van der Waals surface area contributed by atoms with Crippen LogP contribution in [-0.2, 0) is 14.4 Å². The summed E-state index contributed by atoms with van der Waals surface area (Å²) in [5.74, 6) is -1.26. The normalized spacial score (nSPS) is 17.9. The van der Waals surface area contributed by atoms with Crippen molar-refractivity contribution in [1.82, 2.24) is 10.6 Å². The fourth-order valence-electron chi connectivity index (χ4n) is 2.68. The summed E-state index contributed by atoms with van der Waals surface area (Å²) >= 11 is 0. The topological polar surface area (TPSA) is 95.5 Å². The molecule has 0 spiro atoms. The number of carboxylic acid groups (broad SMARTS) is 1. The predicted molar refractivity (Wildman–Crippen MR) is 74.1 cm³/mol. The zero-order valence-corrected chi connectivity index (χ0v) is 12.0. The van der Waals surface area contributed by atoms with Crippen molar-refractivity contribution < 1.29 is 19.5 Å². The van der Waals surface area contributed by atoms with Gasteiger partial charge in [-0.1, -0.05) is 25.7 Å². The van der Waals surface area contributed by atoms with Crippen LogP contribution in [0.1, 0.15) is 51.9 Å². The van der Waals surface area contributed by atoms with Crippen LogP contribution in [0.15, 0.2) is 0 Å². The molecule has 1 aliphatic carbocycles. The van der Waals surface area contributed by atoms with Gasteiger partial charge in [0.2, 0.25) is 11.8 Å². The second-order valence-electron chi connectivity index (χ2n) is 5.51. The summed E-state index contributed by atoms with van der Waals surface area (Å²) < 4.78 is 0. The Morgan fingerprint density at radius 1 is 1.00 bits per heavy atom. The van der Waals surface area contributed by atoms with E-state index in [4.69, 9.17) is 0 Å². The molecule has 0 heterocycles. The lowest BCUT2D eigenvalue weighted by molar-refractivity contribution is -0.152. The highest BCUT2D eigenvalue weighted by molar-refractivity contribution is 5.85. The van der Waals surface area contributed by atoms with Gasteiger partial charge in [-0.3, -0.25) is 14.4 Å². The Balaban J connectivity index is 2.46. The van der Waals surface area contributed by atoms with Crippen LogP contribution < -0.4 is 10.6 Å². The molecule has 0 aromatic heterocycles. The molecule has 114 valence electrons. The van der Waals surface area contributed by atoms with Gasteiger partial charge in [0.05, 0.1) is 5.41 Å². The van der Waals surface area contributed by atoms with Gasteiger partial charge in [-0.25, -0.2) is 0 Å². The maximum absolute atomic E-state index is 11.9. The molecule has 1 rings (SSSR count). The predicted octanol–water partition coefficient (Wildman–Crippen LogP) is 1.05. The van der Waals surface area contributed by atoms with Gasteiger partial charge in [-0.15, -0.1) is 0 Å². The molecular weight excluding hydrogens is 260 g/mol. The molecule has 1 saturated carbocycles. The average molecular weight is 284 g/mol. The fourth-order valence-corrected chi connectivity index (χ4v) is 2.68. The van der Waals surface area contributed by atoms with Gasteiger partial charge in [0.25, 0.3) is 0 Å². The van der Waals surface area contributed by atoms with E-state index >= 15 is 0 Å². The Bertz CT molecular complexity index is 360. The van der Waals surface area contributed by atoms with Crippen LogP contribution in [0.4, 0.5) is 0 Å². The lowest BCUT2D eigenvalue weighted by Gasteiger charge is -2.27. The standard InChI is InChI=1S/C14H24N2O4/c1-11(17)15-8-9-16-12(18)10-14(13(19)20)6-4-2-3-5-7-14/h2-10H2,1H3,(H,15,17)(H,16,18)(H,19,20). The number of carboxylic acids is 1. The Kier molecular flexibility index (Phi) is 6.48. The second-order valence-corrected chi connectivity index (χ2v) is 5.51. The van der Waals surface area contributed by atoms with E-state index in [1.165, 1.54) is 6.92 Å². The first-order chi connectivity index (χ1) is 9.46. The Hall–Kier alpha value is -1.59. The van der Waals surface area contributed by atoms with E-state index in [2.05, 4.69) is 10.6 Å². The molecule has 6 heteroatoms. The summed E-state index contributed by atoms with van der Waals surface area (Å²) in [4.78, 5) is 34.1. The van der Waals surface area contributed by atoms with E-state index in [9.17, 15) is 19.5 Å². The summed E-state index contributed by atoms with van der Waals surface area (Å²) in [5.41, 5.74) is -0.908. The zero-order valence-electron chi connectivity index (χ0n) is 12.0. The fraction of sp³-hybridized carbons (Fsp3) is 0.786. The molecule has 1 fully saturated rings. The number of amides is 2. The van der Waals surface area contributed by atoms with Gasteiger partial charge >= 0.3 is 5.97 Å². The Morgan fingerprint density at radius 3 is 2.05 bits per heavy atom. The number of aliphatic carboxylic acids is 1. The van der Waals surface area contributed by atoms with Crippen molar-refractivity contribution in [2.75, 3.05) is 13.1 Å². The first-order valence-corrected chi connectivity index (χ1v) is 7.21. The van der Waals surface area contributed by atoms with Crippen LogP contribution in [0.2, 0.25) is 0 Å². The van der Waals surface area contributed by atoms with Crippen molar-refractivity contribution in [2.45, 2.75) is 51.9 Å². The quantitative estimate of drug-likeness (QED) is 0.502. The highest BCUT2D eigenvalue weighted by Gasteiger charge is 2.40. The number of hydrogen-bond donors (Lipinski definition) is 3. The van der Waals surface area contributed by atoms with Gasteiger partial charge in [-0.2, -0.15) is 0 Å². The van der Waals surface area contributed by atoms with Crippen LogP contribution >= 0.6 is 0 Å². The molecule has 0 unspecified atom stereocenters. The minimum atomic E-state index is -0.908. The Morgan fingerprint density at radius 2 is 1.55 bits per heavy atom. The van der Waals surface area contributed by atoms with Crippen molar-refractivity contribution in [3.63, 3.8) is 0 Å². The largest absolute Gasteiger partial charge is 0.481 e. The number of hydrogen-bond acceptors (Lipinski definition) is 3. The molecule has 0 atom stereocenters. The van der Waals surface area contributed by atoms with Gasteiger partial charge in [0.15, 0.2) is 0 Å². The minimum Gasteiger partial charge on any atom is -0.481 e. The smallest absolute Gasteiger partial charge is 0.310 e. The number of rotatable bonds is 6. The van der Waals surface area contributed by atoms with Crippen LogP contribution in [0, 0.1) is 5.41 Å². The summed E-state index contributed by atoms with van der Waals surface area (Å²) in [6.07, 6.45) is 4.99.